The molecule has 1 aliphatic carbocycles. The highest BCUT2D eigenvalue weighted by Gasteiger charge is 2.33. The standard InChI is InChI=1S/C18H23N3O6/c1-27-12-4-2-10(3-5-12)18(26)21-13-8-11(9-14(22)16(13)24)17(25)20-7-6-15(19)23/h2-5,8,13-14,16,22,24H,6-7,9H2,1H3,(H2,19,23)(H,20,25)(H,21,26)/t13-,14+,16+/m0/s1. The van der Waals surface area contributed by atoms with Crippen LogP contribution in [0.25, 0.3) is 0 Å². The first-order valence-electron chi connectivity index (χ1n) is 8.40. The lowest BCUT2D eigenvalue weighted by atomic mass is 9.90. The number of hydrogen-bond donors (Lipinski definition) is 5. The smallest absolute Gasteiger partial charge is 0.251 e. The average molecular weight is 377 g/mol. The quantitative estimate of drug-likeness (QED) is 0.404. The number of hydrogen-bond acceptors (Lipinski definition) is 6. The van der Waals surface area contributed by atoms with Gasteiger partial charge in [0.1, 0.15) is 11.9 Å². The number of aliphatic hydroxyl groups excluding tert-OH is 2. The summed E-state index contributed by atoms with van der Waals surface area (Å²) >= 11 is 0. The zero-order valence-corrected chi connectivity index (χ0v) is 14.8. The number of primary amides is 1. The van der Waals surface area contributed by atoms with Crippen molar-refractivity contribution in [1.29, 1.82) is 0 Å². The van der Waals surface area contributed by atoms with Gasteiger partial charge in [-0.05, 0) is 24.3 Å². The fraction of sp³-hybridized carbons (Fsp3) is 0.389. The van der Waals surface area contributed by atoms with Gasteiger partial charge in [-0.15, -0.1) is 0 Å². The number of benzene rings is 1. The zero-order chi connectivity index (χ0) is 20.0. The van der Waals surface area contributed by atoms with Crippen molar-refractivity contribution in [2.24, 2.45) is 5.73 Å². The molecule has 3 atom stereocenters. The van der Waals surface area contributed by atoms with Crippen LogP contribution in [0, 0.1) is 0 Å². The molecular formula is C18H23N3O6. The van der Waals surface area contributed by atoms with Crippen molar-refractivity contribution in [3.8, 4) is 5.75 Å². The van der Waals surface area contributed by atoms with Crippen molar-refractivity contribution in [2.45, 2.75) is 31.1 Å². The van der Waals surface area contributed by atoms with Gasteiger partial charge < -0.3 is 31.3 Å². The van der Waals surface area contributed by atoms with Gasteiger partial charge in [-0.1, -0.05) is 6.08 Å². The summed E-state index contributed by atoms with van der Waals surface area (Å²) in [6.45, 7) is 0.0625. The Morgan fingerprint density at radius 2 is 1.85 bits per heavy atom. The molecule has 1 aliphatic rings. The molecule has 9 heteroatoms. The molecule has 0 bridgehead atoms. The third-order valence-corrected chi connectivity index (χ3v) is 4.17. The van der Waals surface area contributed by atoms with E-state index in [0.29, 0.717) is 11.3 Å². The minimum absolute atomic E-state index is 0.0121. The Kier molecular flexibility index (Phi) is 6.91. The van der Waals surface area contributed by atoms with E-state index in [0.717, 1.165) is 0 Å². The summed E-state index contributed by atoms with van der Waals surface area (Å²) in [4.78, 5) is 35.2. The first-order valence-corrected chi connectivity index (χ1v) is 8.40. The lowest BCUT2D eigenvalue weighted by molar-refractivity contribution is -0.119. The largest absolute Gasteiger partial charge is 0.497 e. The molecular weight excluding hydrogens is 354 g/mol. The molecule has 1 aromatic rings. The molecule has 6 N–H and O–H groups in total. The van der Waals surface area contributed by atoms with Gasteiger partial charge in [0.25, 0.3) is 5.91 Å². The fourth-order valence-corrected chi connectivity index (χ4v) is 2.65. The predicted molar refractivity (Wildman–Crippen MR) is 95.8 cm³/mol. The van der Waals surface area contributed by atoms with Gasteiger partial charge in [0, 0.05) is 30.5 Å². The van der Waals surface area contributed by atoms with E-state index in [1.165, 1.54) is 13.2 Å². The molecule has 3 amide bonds. The molecule has 0 saturated heterocycles. The number of methoxy groups -OCH3 is 1. The Bertz CT molecular complexity index is 731. The SMILES string of the molecule is COc1ccc(C(=O)N[C@H]2C=C(C(=O)NCCC(N)=O)C[C@@H](O)[C@@H]2O)cc1. The highest BCUT2D eigenvalue weighted by atomic mass is 16.5. The van der Waals surface area contributed by atoms with Gasteiger partial charge in [0.2, 0.25) is 11.8 Å². The number of nitrogens with two attached hydrogens (primary N) is 1. The molecule has 0 radical (unpaired) electrons. The van der Waals surface area contributed by atoms with Crippen molar-refractivity contribution in [3.63, 3.8) is 0 Å². The minimum Gasteiger partial charge on any atom is -0.497 e. The van der Waals surface area contributed by atoms with Gasteiger partial charge in [-0.3, -0.25) is 14.4 Å². The number of nitrogens with one attached hydrogen (secondary N) is 2. The summed E-state index contributed by atoms with van der Waals surface area (Å²) in [6.07, 6.45) is -1.15. The van der Waals surface area contributed by atoms with Crippen molar-refractivity contribution < 1.29 is 29.3 Å². The number of amides is 3. The molecule has 27 heavy (non-hydrogen) atoms. The minimum atomic E-state index is -1.26. The second kappa shape index (κ2) is 9.15. The summed E-state index contributed by atoms with van der Waals surface area (Å²) < 4.78 is 5.03. The maximum Gasteiger partial charge on any atom is 0.251 e. The second-order valence-corrected chi connectivity index (χ2v) is 6.15. The number of ether oxygens (including phenoxy) is 1. The summed E-state index contributed by atoms with van der Waals surface area (Å²) in [5.74, 6) is -0.922. The summed E-state index contributed by atoms with van der Waals surface area (Å²) in [5.41, 5.74) is 5.56. The second-order valence-electron chi connectivity index (χ2n) is 6.15. The molecule has 1 aromatic carbocycles. The summed E-state index contributed by atoms with van der Waals surface area (Å²) in [7, 11) is 1.51. The first kappa shape index (κ1) is 20.4. The Morgan fingerprint density at radius 1 is 1.19 bits per heavy atom. The Morgan fingerprint density at radius 3 is 2.44 bits per heavy atom. The van der Waals surface area contributed by atoms with Crippen molar-refractivity contribution >= 4 is 17.7 Å². The third-order valence-electron chi connectivity index (χ3n) is 4.17. The van der Waals surface area contributed by atoms with E-state index in [1.807, 2.05) is 0 Å². The van der Waals surface area contributed by atoms with Crippen LogP contribution in [0.1, 0.15) is 23.2 Å². The van der Waals surface area contributed by atoms with Gasteiger partial charge >= 0.3 is 0 Å². The number of aliphatic hydroxyl groups is 2. The number of carbonyl (C=O) groups is 3. The van der Waals surface area contributed by atoms with Gasteiger partial charge in [-0.25, -0.2) is 0 Å². The molecule has 2 rings (SSSR count). The van der Waals surface area contributed by atoms with Crippen LogP contribution < -0.4 is 21.1 Å². The number of carbonyl (C=O) groups excluding carboxylic acids is 3. The van der Waals surface area contributed by atoms with Crippen LogP contribution in [0.5, 0.6) is 5.75 Å². The van der Waals surface area contributed by atoms with Gasteiger partial charge in [0.05, 0.1) is 19.3 Å². The molecule has 0 unspecified atom stereocenters. The van der Waals surface area contributed by atoms with Crippen LogP contribution in [0.15, 0.2) is 35.9 Å². The summed E-state index contributed by atoms with van der Waals surface area (Å²) in [6, 6.07) is 5.41. The van der Waals surface area contributed by atoms with Crippen LogP contribution in [0.2, 0.25) is 0 Å². The van der Waals surface area contributed by atoms with Gasteiger partial charge in [-0.2, -0.15) is 0 Å². The van der Waals surface area contributed by atoms with Crippen LogP contribution >= 0.6 is 0 Å². The van der Waals surface area contributed by atoms with Crippen LogP contribution in [0.4, 0.5) is 0 Å². The topological polar surface area (TPSA) is 151 Å². The molecule has 9 nitrogen and oxygen atoms in total. The third kappa shape index (κ3) is 5.53. The highest BCUT2D eigenvalue weighted by molar-refractivity contribution is 5.96. The van der Waals surface area contributed by atoms with E-state index in [4.69, 9.17) is 10.5 Å². The van der Waals surface area contributed by atoms with E-state index in [9.17, 15) is 24.6 Å². The number of rotatable bonds is 7. The van der Waals surface area contributed by atoms with E-state index in [-0.39, 0.29) is 25.0 Å². The lowest BCUT2D eigenvalue weighted by Gasteiger charge is -2.31. The lowest BCUT2D eigenvalue weighted by Crippen LogP contribution is -2.51. The van der Waals surface area contributed by atoms with Crippen LogP contribution in [-0.2, 0) is 9.59 Å². The summed E-state index contributed by atoms with van der Waals surface area (Å²) in [5, 5.41) is 25.3. The normalized spacial score (nSPS) is 21.7. The Labute approximate surface area is 156 Å². The first-order chi connectivity index (χ1) is 12.8. The monoisotopic (exact) mass is 377 g/mol. The molecule has 0 aromatic heterocycles. The van der Waals surface area contributed by atoms with Crippen molar-refractivity contribution in [2.75, 3.05) is 13.7 Å². The molecule has 0 heterocycles. The predicted octanol–water partition coefficient (Wildman–Crippen LogP) is -1.16. The molecule has 0 saturated carbocycles. The van der Waals surface area contributed by atoms with E-state index in [1.54, 1.807) is 24.3 Å². The maximum atomic E-state index is 12.4. The Balaban J connectivity index is 2.07. The van der Waals surface area contributed by atoms with E-state index >= 15 is 0 Å². The van der Waals surface area contributed by atoms with Gasteiger partial charge in [0.15, 0.2) is 0 Å². The molecule has 0 aliphatic heterocycles. The molecule has 0 spiro atoms. The maximum absolute atomic E-state index is 12.4. The highest BCUT2D eigenvalue weighted by Crippen LogP contribution is 2.20. The molecule has 146 valence electrons. The van der Waals surface area contributed by atoms with Crippen LogP contribution in [0.3, 0.4) is 0 Å². The molecule has 0 fully saturated rings. The van der Waals surface area contributed by atoms with Crippen molar-refractivity contribution in [3.05, 3.63) is 41.5 Å². The van der Waals surface area contributed by atoms with E-state index in [2.05, 4.69) is 10.6 Å². The van der Waals surface area contributed by atoms with Crippen LogP contribution in [-0.4, -0.2) is 59.8 Å². The fourth-order valence-electron chi connectivity index (χ4n) is 2.65. The zero-order valence-electron chi connectivity index (χ0n) is 14.8. The Hall–Kier alpha value is -2.91. The van der Waals surface area contributed by atoms with Crippen molar-refractivity contribution in [1.82, 2.24) is 10.6 Å². The van der Waals surface area contributed by atoms with E-state index < -0.39 is 36.0 Å². The average Bonchev–Trinajstić information content (AvgIpc) is 2.64.